The van der Waals surface area contributed by atoms with Crippen LogP contribution in [-0.2, 0) is 4.79 Å². The zero-order chi connectivity index (χ0) is 12.5. The standard InChI is InChI=1S/C12H22N2OSi/c1-6-14-8-10(9(2)13)7-11(12(14)15)16(3,4)5/h7H,6,8,13H2,1-5H3/b10-9-. The number of hydrogen-bond acceptors (Lipinski definition) is 2. The summed E-state index contributed by atoms with van der Waals surface area (Å²) in [5.74, 6) is 0.201. The van der Waals surface area contributed by atoms with E-state index in [2.05, 4.69) is 19.6 Å². The van der Waals surface area contributed by atoms with Crippen molar-refractivity contribution in [3.63, 3.8) is 0 Å². The first-order chi connectivity index (χ1) is 7.27. The average Bonchev–Trinajstić information content (AvgIpc) is 2.15. The van der Waals surface area contributed by atoms with Crippen LogP contribution in [0.4, 0.5) is 0 Å². The molecule has 1 aliphatic rings. The van der Waals surface area contributed by atoms with Gasteiger partial charge in [0.25, 0.3) is 0 Å². The Hall–Kier alpha value is -1.03. The minimum absolute atomic E-state index is 0.201. The van der Waals surface area contributed by atoms with Crippen LogP contribution in [0.25, 0.3) is 0 Å². The van der Waals surface area contributed by atoms with Gasteiger partial charge in [-0.15, -0.1) is 0 Å². The van der Waals surface area contributed by atoms with Crippen LogP contribution >= 0.6 is 0 Å². The maximum absolute atomic E-state index is 12.2. The summed E-state index contributed by atoms with van der Waals surface area (Å²) in [6, 6.07) is 0. The lowest BCUT2D eigenvalue weighted by atomic mass is 10.1. The van der Waals surface area contributed by atoms with Crippen molar-refractivity contribution >= 4 is 14.0 Å². The molecule has 16 heavy (non-hydrogen) atoms. The quantitative estimate of drug-likeness (QED) is 0.747. The number of likely N-dealkylation sites (N-methyl/N-ethyl adjacent to an activating group) is 1. The fourth-order valence-corrected chi connectivity index (χ4v) is 3.17. The number of amides is 1. The number of carbonyl (C=O) groups is 1. The highest BCUT2D eigenvalue weighted by Crippen LogP contribution is 2.24. The van der Waals surface area contributed by atoms with Gasteiger partial charge in [-0.25, -0.2) is 0 Å². The largest absolute Gasteiger partial charge is 0.402 e. The zero-order valence-corrected chi connectivity index (χ0v) is 11.9. The highest BCUT2D eigenvalue weighted by atomic mass is 28.3. The molecule has 0 atom stereocenters. The molecule has 0 bridgehead atoms. The second-order valence-corrected chi connectivity index (χ2v) is 10.4. The Labute approximate surface area is 99.0 Å². The van der Waals surface area contributed by atoms with Crippen molar-refractivity contribution in [3.8, 4) is 0 Å². The van der Waals surface area contributed by atoms with Crippen LogP contribution in [0.3, 0.4) is 0 Å². The molecule has 1 aliphatic heterocycles. The lowest BCUT2D eigenvalue weighted by molar-refractivity contribution is -0.126. The van der Waals surface area contributed by atoms with Crippen LogP contribution in [0.1, 0.15) is 13.8 Å². The summed E-state index contributed by atoms with van der Waals surface area (Å²) in [5, 5.41) is 0.986. The zero-order valence-electron chi connectivity index (χ0n) is 10.9. The molecule has 4 heteroatoms. The van der Waals surface area contributed by atoms with Crippen molar-refractivity contribution in [2.45, 2.75) is 33.5 Å². The second-order valence-electron chi connectivity index (χ2n) is 5.34. The molecular weight excluding hydrogens is 216 g/mol. The van der Waals surface area contributed by atoms with Crippen molar-refractivity contribution in [1.82, 2.24) is 4.90 Å². The molecule has 1 heterocycles. The smallest absolute Gasteiger partial charge is 0.246 e. The van der Waals surface area contributed by atoms with Crippen LogP contribution in [-0.4, -0.2) is 32.0 Å². The minimum Gasteiger partial charge on any atom is -0.402 e. The minimum atomic E-state index is -1.59. The van der Waals surface area contributed by atoms with Gasteiger partial charge >= 0.3 is 0 Å². The number of nitrogens with two attached hydrogens (primary N) is 1. The van der Waals surface area contributed by atoms with Crippen molar-refractivity contribution in [3.05, 3.63) is 22.5 Å². The fraction of sp³-hybridized carbons (Fsp3) is 0.583. The maximum Gasteiger partial charge on any atom is 0.246 e. The third-order valence-electron chi connectivity index (χ3n) is 2.89. The van der Waals surface area contributed by atoms with Crippen LogP contribution in [0, 0.1) is 0 Å². The number of allylic oxidation sites excluding steroid dienone is 1. The van der Waals surface area contributed by atoms with Crippen LogP contribution in [0.5, 0.6) is 0 Å². The first-order valence-electron chi connectivity index (χ1n) is 5.74. The van der Waals surface area contributed by atoms with Gasteiger partial charge in [-0.2, -0.15) is 0 Å². The Kier molecular flexibility index (Phi) is 3.63. The van der Waals surface area contributed by atoms with E-state index in [-0.39, 0.29) is 5.91 Å². The van der Waals surface area contributed by atoms with E-state index < -0.39 is 8.07 Å². The molecule has 1 amide bonds. The highest BCUT2D eigenvalue weighted by Gasteiger charge is 2.32. The molecule has 0 saturated heterocycles. The summed E-state index contributed by atoms with van der Waals surface area (Å²) in [4.78, 5) is 14.1. The summed E-state index contributed by atoms with van der Waals surface area (Å²) < 4.78 is 0. The van der Waals surface area contributed by atoms with Crippen LogP contribution in [0.15, 0.2) is 22.5 Å². The third-order valence-corrected chi connectivity index (χ3v) is 4.87. The van der Waals surface area contributed by atoms with Crippen LogP contribution in [0.2, 0.25) is 19.6 Å². The number of nitrogens with zero attached hydrogens (tertiary/aromatic N) is 1. The van der Waals surface area contributed by atoms with Crippen molar-refractivity contribution in [2.75, 3.05) is 13.1 Å². The van der Waals surface area contributed by atoms with Gasteiger partial charge in [0, 0.05) is 24.0 Å². The van der Waals surface area contributed by atoms with Gasteiger partial charge in [-0.1, -0.05) is 25.7 Å². The second kappa shape index (κ2) is 4.45. The van der Waals surface area contributed by atoms with E-state index in [4.69, 9.17) is 5.73 Å². The average molecular weight is 238 g/mol. The first kappa shape index (κ1) is 13.0. The Morgan fingerprint density at radius 3 is 2.44 bits per heavy atom. The van der Waals surface area contributed by atoms with Gasteiger partial charge < -0.3 is 10.6 Å². The summed E-state index contributed by atoms with van der Waals surface area (Å²) in [6.45, 7) is 11.9. The van der Waals surface area contributed by atoms with Crippen LogP contribution < -0.4 is 5.73 Å². The molecule has 0 unspecified atom stereocenters. The van der Waals surface area contributed by atoms with E-state index in [0.29, 0.717) is 6.54 Å². The molecule has 0 fully saturated rings. The lowest BCUT2D eigenvalue weighted by Crippen LogP contribution is -2.44. The van der Waals surface area contributed by atoms with Gasteiger partial charge in [0.15, 0.2) is 0 Å². The molecule has 0 spiro atoms. The molecule has 0 aliphatic carbocycles. The molecule has 0 saturated carbocycles. The normalized spacial score (nSPS) is 20.9. The predicted octanol–water partition coefficient (Wildman–Crippen LogP) is 1.89. The Morgan fingerprint density at radius 1 is 1.50 bits per heavy atom. The Bertz CT molecular complexity index is 360. The summed E-state index contributed by atoms with van der Waals surface area (Å²) in [7, 11) is -1.59. The van der Waals surface area contributed by atoms with Gasteiger partial charge in [-0.3, -0.25) is 4.79 Å². The molecule has 0 aromatic carbocycles. The Balaban J connectivity index is 3.23. The fourth-order valence-electron chi connectivity index (χ4n) is 1.76. The molecule has 0 aromatic rings. The maximum atomic E-state index is 12.2. The molecule has 3 nitrogen and oxygen atoms in total. The van der Waals surface area contributed by atoms with E-state index in [0.717, 1.165) is 23.0 Å². The number of carbonyl (C=O) groups excluding carboxylic acids is 1. The molecular formula is C12H22N2OSi. The monoisotopic (exact) mass is 238 g/mol. The van der Waals surface area contributed by atoms with Gasteiger partial charge in [0.05, 0.1) is 8.07 Å². The van der Waals surface area contributed by atoms with Gasteiger partial charge in [-0.05, 0) is 19.4 Å². The van der Waals surface area contributed by atoms with E-state index in [1.54, 1.807) is 0 Å². The lowest BCUT2D eigenvalue weighted by Gasteiger charge is -2.32. The molecule has 0 aromatic heterocycles. The first-order valence-corrected chi connectivity index (χ1v) is 9.24. The highest BCUT2D eigenvalue weighted by molar-refractivity contribution is 6.87. The van der Waals surface area contributed by atoms with Crippen molar-refractivity contribution in [1.29, 1.82) is 0 Å². The van der Waals surface area contributed by atoms with Gasteiger partial charge in [0.1, 0.15) is 0 Å². The SMILES string of the molecule is CCN1C/C(=C(/C)N)C=C([Si](C)(C)C)C1=O. The predicted molar refractivity (Wildman–Crippen MR) is 70.6 cm³/mol. The van der Waals surface area contributed by atoms with E-state index in [1.165, 1.54) is 0 Å². The van der Waals surface area contributed by atoms with E-state index >= 15 is 0 Å². The topological polar surface area (TPSA) is 46.3 Å². The molecule has 0 radical (unpaired) electrons. The summed E-state index contributed by atoms with van der Waals surface area (Å²) >= 11 is 0. The van der Waals surface area contributed by atoms with E-state index in [1.807, 2.05) is 24.8 Å². The third kappa shape index (κ3) is 2.55. The van der Waals surface area contributed by atoms with Crippen molar-refractivity contribution in [2.24, 2.45) is 5.73 Å². The Morgan fingerprint density at radius 2 is 2.06 bits per heavy atom. The number of rotatable bonds is 2. The molecule has 2 N–H and O–H groups in total. The summed E-state index contributed by atoms with van der Waals surface area (Å²) in [5.41, 5.74) is 7.76. The van der Waals surface area contributed by atoms with Gasteiger partial charge in [0.2, 0.25) is 5.91 Å². The van der Waals surface area contributed by atoms with Crippen molar-refractivity contribution < 1.29 is 4.79 Å². The summed E-state index contributed by atoms with van der Waals surface area (Å²) in [6.07, 6.45) is 2.02. The molecule has 1 rings (SSSR count). The number of hydrogen-bond donors (Lipinski definition) is 1. The van der Waals surface area contributed by atoms with E-state index in [9.17, 15) is 4.79 Å². The molecule has 90 valence electrons.